The molecule has 2 aliphatic rings. The fourth-order valence-electron chi connectivity index (χ4n) is 1.43. The molecule has 1 aliphatic carbocycles. The highest BCUT2D eigenvalue weighted by Gasteiger charge is 2.30. The first kappa shape index (κ1) is 4.77. The molecule has 1 saturated carbocycles. The van der Waals surface area contributed by atoms with E-state index in [4.69, 9.17) is 9.78 Å². The minimum atomic E-state index is 0.439. The van der Waals surface area contributed by atoms with E-state index in [-0.39, 0.29) is 0 Å². The Hall–Kier alpha value is -0.0800. The highest BCUT2D eigenvalue weighted by Crippen LogP contribution is 2.29. The van der Waals surface area contributed by atoms with Gasteiger partial charge in [-0.25, -0.2) is 9.78 Å². The molecule has 1 heterocycles. The van der Waals surface area contributed by atoms with E-state index < -0.39 is 0 Å². The van der Waals surface area contributed by atoms with Gasteiger partial charge in [-0.3, -0.25) is 0 Å². The summed E-state index contributed by atoms with van der Waals surface area (Å²) >= 11 is 0. The standard InChI is InChI=1S/C6H10O2/c1-2-5-4-6(3-1)8-7-5/h5-6H,1-4H2. The predicted molar refractivity (Wildman–Crippen MR) is 28.2 cm³/mol. The smallest absolute Gasteiger partial charge is 0.0956 e. The molecular formula is C6H10O2. The van der Waals surface area contributed by atoms with Gasteiger partial charge in [0.2, 0.25) is 0 Å². The second-order valence-corrected chi connectivity index (χ2v) is 2.60. The average molecular weight is 114 g/mol. The lowest BCUT2D eigenvalue weighted by Gasteiger charge is -2.10. The third-order valence-electron chi connectivity index (χ3n) is 1.91. The summed E-state index contributed by atoms with van der Waals surface area (Å²) in [5.74, 6) is 0. The lowest BCUT2D eigenvalue weighted by Crippen LogP contribution is -2.13. The normalized spacial score (nSPS) is 45.0. The summed E-state index contributed by atoms with van der Waals surface area (Å²) in [7, 11) is 0. The topological polar surface area (TPSA) is 18.5 Å². The summed E-state index contributed by atoms with van der Waals surface area (Å²) in [6, 6.07) is 0. The van der Waals surface area contributed by atoms with Crippen molar-refractivity contribution in [3.05, 3.63) is 0 Å². The van der Waals surface area contributed by atoms with E-state index in [1.54, 1.807) is 0 Å². The van der Waals surface area contributed by atoms with Crippen LogP contribution in [0.15, 0.2) is 0 Å². The van der Waals surface area contributed by atoms with Crippen LogP contribution in [0.25, 0.3) is 0 Å². The summed E-state index contributed by atoms with van der Waals surface area (Å²) in [6.07, 6.45) is 5.71. The number of rotatable bonds is 0. The zero-order chi connectivity index (χ0) is 5.40. The van der Waals surface area contributed by atoms with Crippen molar-refractivity contribution in [2.75, 3.05) is 0 Å². The SMILES string of the molecule is C1CC2CC(C1)OO2. The van der Waals surface area contributed by atoms with E-state index in [9.17, 15) is 0 Å². The summed E-state index contributed by atoms with van der Waals surface area (Å²) in [6.45, 7) is 0. The molecule has 2 rings (SSSR count). The maximum Gasteiger partial charge on any atom is 0.0956 e. The molecule has 2 unspecified atom stereocenters. The molecule has 0 amide bonds. The quantitative estimate of drug-likeness (QED) is 0.441. The summed E-state index contributed by atoms with van der Waals surface area (Å²) in [5.41, 5.74) is 0. The van der Waals surface area contributed by atoms with Crippen molar-refractivity contribution in [1.82, 2.24) is 0 Å². The van der Waals surface area contributed by atoms with E-state index >= 15 is 0 Å². The lowest BCUT2D eigenvalue weighted by atomic mass is 9.96. The van der Waals surface area contributed by atoms with Gasteiger partial charge in [0, 0.05) is 6.42 Å². The molecule has 0 aromatic heterocycles. The molecule has 2 bridgehead atoms. The zero-order valence-corrected chi connectivity index (χ0v) is 4.80. The van der Waals surface area contributed by atoms with Crippen molar-refractivity contribution in [2.45, 2.75) is 37.9 Å². The van der Waals surface area contributed by atoms with Crippen molar-refractivity contribution in [3.8, 4) is 0 Å². The Morgan fingerprint density at radius 1 is 1.00 bits per heavy atom. The Labute approximate surface area is 48.7 Å². The van der Waals surface area contributed by atoms with Crippen LogP contribution in [-0.2, 0) is 9.78 Å². The Bertz CT molecular complexity index is 78.5. The van der Waals surface area contributed by atoms with Crippen molar-refractivity contribution in [1.29, 1.82) is 0 Å². The van der Waals surface area contributed by atoms with Crippen LogP contribution in [0.2, 0.25) is 0 Å². The maximum atomic E-state index is 4.98. The molecule has 0 aromatic carbocycles. The Kier molecular flexibility index (Phi) is 1.02. The van der Waals surface area contributed by atoms with Gasteiger partial charge in [-0.2, -0.15) is 0 Å². The van der Waals surface area contributed by atoms with Crippen molar-refractivity contribution in [3.63, 3.8) is 0 Å². The van der Waals surface area contributed by atoms with Gasteiger partial charge in [0.05, 0.1) is 12.2 Å². The van der Waals surface area contributed by atoms with E-state index in [2.05, 4.69) is 0 Å². The average Bonchev–Trinajstić information content (AvgIpc) is 2.12. The second kappa shape index (κ2) is 1.71. The largest absolute Gasteiger partial charge is 0.233 e. The Morgan fingerprint density at radius 3 is 2.12 bits per heavy atom. The van der Waals surface area contributed by atoms with E-state index in [0.717, 1.165) is 6.42 Å². The van der Waals surface area contributed by atoms with E-state index in [0.29, 0.717) is 12.2 Å². The fraction of sp³-hybridized carbons (Fsp3) is 1.00. The van der Waals surface area contributed by atoms with Crippen LogP contribution in [0.1, 0.15) is 25.7 Å². The van der Waals surface area contributed by atoms with Crippen LogP contribution in [0.4, 0.5) is 0 Å². The van der Waals surface area contributed by atoms with Gasteiger partial charge in [0.1, 0.15) is 0 Å². The lowest BCUT2D eigenvalue weighted by molar-refractivity contribution is -0.290. The monoisotopic (exact) mass is 114 g/mol. The minimum Gasteiger partial charge on any atom is -0.233 e. The molecular weight excluding hydrogens is 104 g/mol. The third-order valence-corrected chi connectivity index (χ3v) is 1.91. The van der Waals surface area contributed by atoms with Crippen LogP contribution < -0.4 is 0 Å². The van der Waals surface area contributed by atoms with Crippen molar-refractivity contribution >= 4 is 0 Å². The van der Waals surface area contributed by atoms with Gasteiger partial charge >= 0.3 is 0 Å². The first-order chi connectivity index (χ1) is 3.95. The molecule has 2 atom stereocenters. The predicted octanol–water partition coefficient (Wildman–Crippen LogP) is 1.26. The van der Waals surface area contributed by atoms with Gasteiger partial charge in [0.15, 0.2) is 0 Å². The molecule has 0 radical (unpaired) electrons. The van der Waals surface area contributed by atoms with E-state index in [1.807, 2.05) is 0 Å². The first-order valence-corrected chi connectivity index (χ1v) is 3.27. The van der Waals surface area contributed by atoms with Crippen LogP contribution in [0.3, 0.4) is 0 Å². The van der Waals surface area contributed by atoms with Crippen LogP contribution in [0, 0.1) is 0 Å². The number of hydrogen-bond acceptors (Lipinski definition) is 2. The molecule has 1 saturated heterocycles. The highest BCUT2D eigenvalue weighted by atomic mass is 17.2. The third kappa shape index (κ3) is 0.644. The molecule has 8 heavy (non-hydrogen) atoms. The van der Waals surface area contributed by atoms with Crippen LogP contribution in [0.5, 0.6) is 0 Å². The Balaban J connectivity index is 2.03. The second-order valence-electron chi connectivity index (χ2n) is 2.60. The van der Waals surface area contributed by atoms with Crippen molar-refractivity contribution < 1.29 is 9.78 Å². The summed E-state index contributed by atoms with van der Waals surface area (Å²) in [5, 5.41) is 0. The molecule has 0 N–H and O–H groups in total. The Morgan fingerprint density at radius 2 is 1.62 bits per heavy atom. The minimum absolute atomic E-state index is 0.439. The maximum absolute atomic E-state index is 4.98. The molecule has 0 aromatic rings. The molecule has 2 nitrogen and oxygen atoms in total. The van der Waals surface area contributed by atoms with E-state index in [1.165, 1.54) is 19.3 Å². The number of hydrogen-bond donors (Lipinski definition) is 0. The van der Waals surface area contributed by atoms with Crippen LogP contribution in [-0.4, -0.2) is 12.2 Å². The van der Waals surface area contributed by atoms with Gasteiger partial charge < -0.3 is 0 Å². The van der Waals surface area contributed by atoms with Gasteiger partial charge in [-0.15, -0.1) is 0 Å². The molecule has 46 valence electrons. The van der Waals surface area contributed by atoms with Gasteiger partial charge in [0.25, 0.3) is 0 Å². The summed E-state index contributed by atoms with van der Waals surface area (Å²) < 4.78 is 0. The highest BCUT2D eigenvalue weighted by molar-refractivity contribution is 4.75. The van der Waals surface area contributed by atoms with Crippen LogP contribution >= 0.6 is 0 Å². The molecule has 0 spiro atoms. The van der Waals surface area contributed by atoms with Gasteiger partial charge in [-0.05, 0) is 19.3 Å². The molecule has 2 fully saturated rings. The number of fused-ring (bicyclic) bond motifs is 2. The van der Waals surface area contributed by atoms with Crippen molar-refractivity contribution in [2.24, 2.45) is 0 Å². The molecule has 1 aliphatic heterocycles. The zero-order valence-electron chi connectivity index (χ0n) is 4.80. The fourth-order valence-corrected chi connectivity index (χ4v) is 1.43. The summed E-state index contributed by atoms with van der Waals surface area (Å²) in [4.78, 5) is 9.95. The van der Waals surface area contributed by atoms with Gasteiger partial charge in [-0.1, -0.05) is 0 Å². The first-order valence-electron chi connectivity index (χ1n) is 3.27. The molecule has 2 heteroatoms.